The molecule has 2 heterocycles. The Morgan fingerprint density at radius 1 is 1.19 bits per heavy atom. The maximum atomic E-state index is 12.2. The molecule has 88 valence electrons. The molecule has 1 amide bonds. The van der Waals surface area contributed by atoms with E-state index in [1.807, 2.05) is 18.7 Å². The van der Waals surface area contributed by atoms with Crippen molar-refractivity contribution in [2.24, 2.45) is 0 Å². The summed E-state index contributed by atoms with van der Waals surface area (Å²) in [4.78, 5) is 14.1. The summed E-state index contributed by atoms with van der Waals surface area (Å²) in [5.74, 6) is 0.759. The van der Waals surface area contributed by atoms with Crippen LogP contribution >= 0.6 is 0 Å². The van der Waals surface area contributed by atoms with Gasteiger partial charge in [-0.25, -0.2) is 0 Å². The SMILES string of the molecule is Cc1onc(C(=O)N2CCCCCC2)c1C. The van der Waals surface area contributed by atoms with Gasteiger partial charge in [0.1, 0.15) is 5.76 Å². The van der Waals surface area contributed by atoms with E-state index in [0.29, 0.717) is 5.69 Å². The third-order valence-corrected chi connectivity index (χ3v) is 3.25. The molecule has 1 aromatic heterocycles. The molecule has 4 heteroatoms. The summed E-state index contributed by atoms with van der Waals surface area (Å²) in [6, 6.07) is 0. The van der Waals surface area contributed by atoms with Crippen molar-refractivity contribution in [1.82, 2.24) is 10.1 Å². The zero-order chi connectivity index (χ0) is 11.5. The Hall–Kier alpha value is -1.32. The monoisotopic (exact) mass is 222 g/mol. The van der Waals surface area contributed by atoms with E-state index in [0.717, 1.165) is 37.3 Å². The van der Waals surface area contributed by atoms with Gasteiger partial charge in [-0.15, -0.1) is 0 Å². The van der Waals surface area contributed by atoms with Gasteiger partial charge in [0.25, 0.3) is 5.91 Å². The van der Waals surface area contributed by atoms with Gasteiger partial charge >= 0.3 is 0 Å². The fourth-order valence-corrected chi connectivity index (χ4v) is 2.04. The van der Waals surface area contributed by atoms with Gasteiger partial charge in [-0.2, -0.15) is 0 Å². The van der Waals surface area contributed by atoms with Crippen molar-refractivity contribution in [2.75, 3.05) is 13.1 Å². The Morgan fingerprint density at radius 3 is 2.31 bits per heavy atom. The first-order valence-electron chi connectivity index (χ1n) is 5.92. The van der Waals surface area contributed by atoms with Crippen molar-refractivity contribution in [3.05, 3.63) is 17.0 Å². The van der Waals surface area contributed by atoms with Crippen molar-refractivity contribution in [3.8, 4) is 0 Å². The van der Waals surface area contributed by atoms with Gasteiger partial charge in [0.05, 0.1) is 0 Å². The van der Waals surface area contributed by atoms with Gasteiger partial charge in [0.15, 0.2) is 5.69 Å². The van der Waals surface area contributed by atoms with Gasteiger partial charge in [0, 0.05) is 18.7 Å². The molecule has 0 N–H and O–H groups in total. The number of carbonyl (C=O) groups excluding carboxylic acids is 1. The molecule has 1 aromatic rings. The predicted octanol–water partition coefficient (Wildman–Crippen LogP) is 2.31. The highest BCUT2D eigenvalue weighted by molar-refractivity contribution is 5.93. The van der Waals surface area contributed by atoms with Gasteiger partial charge in [-0.05, 0) is 26.7 Å². The second kappa shape index (κ2) is 4.68. The van der Waals surface area contributed by atoms with Crippen molar-refractivity contribution in [2.45, 2.75) is 39.5 Å². The molecule has 4 nitrogen and oxygen atoms in total. The Kier molecular flexibility index (Phi) is 3.27. The van der Waals surface area contributed by atoms with Crippen LogP contribution in [-0.2, 0) is 0 Å². The van der Waals surface area contributed by atoms with Gasteiger partial charge in [-0.3, -0.25) is 4.79 Å². The van der Waals surface area contributed by atoms with E-state index >= 15 is 0 Å². The van der Waals surface area contributed by atoms with E-state index in [-0.39, 0.29) is 5.91 Å². The average Bonchev–Trinajstić information content (AvgIpc) is 2.53. The number of likely N-dealkylation sites (tertiary alicyclic amines) is 1. The second-order valence-electron chi connectivity index (χ2n) is 4.42. The van der Waals surface area contributed by atoms with Crippen LogP contribution in [0.4, 0.5) is 0 Å². The number of hydrogen-bond donors (Lipinski definition) is 0. The molecule has 1 saturated heterocycles. The van der Waals surface area contributed by atoms with Crippen LogP contribution in [0.15, 0.2) is 4.52 Å². The Balaban J connectivity index is 2.14. The molecule has 0 saturated carbocycles. The van der Waals surface area contributed by atoms with E-state index in [9.17, 15) is 4.79 Å². The molecular formula is C12H18N2O2. The molecule has 2 rings (SSSR count). The largest absolute Gasteiger partial charge is 0.361 e. The summed E-state index contributed by atoms with van der Waals surface area (Å²) in [5, 5.41) is 3.85. The lowest BCUT2D eigenvalue weighted by Crippen LogP contribution is -2.32. The Labute approximate surface area is 95.6 Å². The van der Waals surface area contributed by atoms with Crippen LogP contribution in [0.3, 0.4) is 0 Å². The fraction of sp³-hybridized carbons (Fsp3) is 0.667. The smallest absolute Gasteiger partial charge is 0.276 e. The molecule has 1 fully saturated rings. The first-order valence-corrected chi connectivity index (χ1v) is 5.92. The number of aryl methyl sites for hydroxylation is 1. The van der Waals surface area contributed by atoms with Crippen molar-refractivity contribution in [3.63, 3.8) is 0 Å². The minimum absolute atomic E-state index is 0.0243. The third kappa shape index (κ3) is 2.10. The zero-order valence-corrected chi connectivity index (χ0v) is 9.95. The van der Waals surface area contributed by atoms with E-state index in [1.54, 1.807) is 0 Å². The Bertz CT molecular complexity index is 376. The van der Waals surface area contributed by atoms with Crippen LogP contribution in [-0.4, -0.2) is 29.1 Å². The molecule has 16 heavy (non-hydrogen) atoms. The van der Waals surface area contributed by atoms with E-state index in [1.165, 1.54) is 12.8 Å². The Morgan fingerprint density at radius 2 is 1.81 bits per heavy atom. The molecule has 0 aromatic carbocycles. The van der Waals surface area contributed by atoms with Crippen LogP contribution in [0.2, 0.25) is 0 Å². The molecule has 0 radical (unpaired) electrons. The third-order valence-electron chi connectivity index (χ3n) is 3.25. The van der Waals surface area contributed by atoms with E-state index in [4.69, 9.17) is 4.52 Å². The molecular weight excluding hydrogens is 204 g/mol. The van der Waals surface area contributed by atoms with Gasteiger partial charge in [-0.1, -0.05) is 18.0 Å². The summed E-state index contributed by atoms with van der Waals surface area (Å²) in [7, 11) is 0. The summed E-state index contributed by atoms with van der Waals surface area (Å²) in [6.45, 7) is 5.42. The maximum absolute atomic E-state index is 12.2. The van der Waals surface area contributed by atoms with Gasteiger partial charge in [0.2, 0.25) is 0 Å². The van der Waals surface area contributed by atoms with Crippen molar-refractivity contribution < 1.29 is 9.32 Å². The van der Waals surface area contributed by atoms with Crippen LogP contribution in [0.5, 0.6) is 0 Å². The molecule has 0 spiro atoms. The zero-order valence-electron chi connectivity index (χ0n) is 9.95. The fourth-order valence-electron chi connectivity index (χ4n) is 2.04. The lowest BCUT2D eigenvalue weighted by Gasteiger charge is -2.18. The normalized spacial score (nSPS) is 17.2. The number of amides is 1. The summed E-state index contributed by atoms with van der Waals surface area (Å²) >= 11 is 0. The van der Waals surface area contributed by atoms with E-state index < -0.39 is 0 Å². The first kappa shape index (κ1) is 11.2. The standard InChI is InChI=1S/C12H18N2O2/c1-9-10(2)16-13-11(9)12(15)14-7-5-3-4-6-8-14/h3-8H2,1-2H3. The predicted molar refractivity (Wildman–Crippen MR) is 60.3 cm³/mol. The van der Waals surface area contributed by atoms with Crippen LogP contribution in [0, 0.1) is 13.8 Å². The molecule has 0 aliphatic carbocycles. The van der Waals surface area contributed by atoms with Crippen molar-refractivity contribution >= 4 is 5.91 Å². The molecule has 0 bridgehead atoms. The van der Waals surface area contributed by atoms with Crippen LogP contribution < -0.4 is 0 Å². The molecule has 0 atom stereocenters. The van der Waals surface area contributed by atoms with E-state index in [2.05, 4.69) is 5.16 Å². The minimum atomic E-state index is 0.0243. The highest BCUT2D eigenvalue weighted by atomic mass is 16.5. The highest BCUT2D eigenvalue weighted by Crippen LogP contribution is 2.16. The van der Waals surface area contributed by atoms with Crippen molar-refractivity contribution in [1.29, 1.82) is 0 Å². The number of rotatable bonds is 1. The summed E-state index contributed by atoms with van der Waals surface area (Å²) in [5.41, 5.74) is 1.36. The lowest BCUT2D eigenvalue weighted by molar-refractivity contribution is 0.0750. The molecule has 0 unspecified atom stereocenters. The number of nitrogens with zero attached hydrogens (tertiary/aromatic N) is 2. The highest BCUT2D eigenvalue weighted by Gasteiger charge is 2.22. The number of hydrogen-bond acceptors (Lipinski definition) is 3. The maximum Gasteiger partial charge on any atom is 0.276 e. The second-order valence-corrected chi connectivity index (χ2v) is 4.42. The van der Waals surface area contributed by atoms with Crippen LogP contribution in [0.1, 0.15) is 47.5 Å². The molecule has 1 aliphatic rings. The quantitative estimate of drug-likeness (QED) is 0.732. The lowest BCUT2D eigenvalue weighted by atomic mass is 10.2. The van der Waals surface area contributed by atoms with Gasteiger partial charge < -0.3 is 9.42 Å². The first-order chi connectivity index (χ1) is 7.70. The number of carbonyl (C=O) groups is 1. The van der Waals surface area contributed by atoms with Crippen LogP contribution in [0.25, 0.3) is 0 Å². The topological polar surface area (TPSA) is 46.3 Å². The number of aromatic nitrogens is 1. The summed E-state index contributed by atoms with van der Waals surface area (Å²) in [6.07, 6.45) is 4.64. The summed E-state index contributed by atoms with van der Waals surface area (Å²) < 4.78 is 5.04. The molecule has 1 aliphatic heterocycles. The minimum Gasteiger partial charge on any atom is -0.361 e. The average molecular weight is 222 g/mol.